The summed E-state index contributed by atoms with van der Waals surface area (Å²) in [6.45, 7) is 0.525. The van der Waals surface area contributed by atoms with Gasteiger partial charge in [0, 0.05) is 6.54 Å². The van der Waals surface area contributed by atoms with E-state index in [2.05, 4.69) is 10.7 Å². The van der Waals surface area contributed by atoms with Crippen molar-refractivity contribution in [1.29, 1.82) is 0 Å². The number of carbonyl (C=O) groups is 2. The van der Waals surface area contributed by atoms with Crippen LogP contribution < -0.4 is 10.7 Å². The Morgan fingerprint density at radius 2 is 1.67 bits per heavy atom. The van der Waals surface area contributed by atoms with Gasteiger partial charge >= 0.3 is 0 Å². The second kappa shape index (κ2) is 5.74. The largest absolute Gasteiger partial charge is 0.508 e. The Labute approximate surface area is 139 Å². The molecular weight excluding hydrogens is 306 g/mol. The number of hydrazine groups is 1. The van der Waals surface area contributed by atoms with Crippen LogP contribution in [-0.4, -0.2) is 28.0 Å². The number of aromatic hydroxyl groups is 1. The van der Waals surface area contributed by atoms with Gasteiger partial charge in [-0.2, -0.15) is 0 Å². The van der Waals surface area contributed by atoms with Crippen LogP contribution >= 0.6 is 0 Å². The van der Waals surface area contributed by atoms with Gasteiger partial charge in [-0.15, -0.1) is 0 Å². The van der Waals surface area contributed by atoms with Crippen molar-refractivity contribution in [3.8, 4) is 5.75 Å². The highest BCUT2D eigenvalue weighted by Crippen LogP contribution is 2.37. The van der Waals surface area contributed by atoms with Gasteiger partial charge in [0.2, 0.25) is 11.8 Å². The molecule has 6 nitrogen and oxygen atoms in total. The van der Waals surface area contributed by atoms with E-state index in [0.29, 0.717) is 6.54 Å². The molecule has 0 bridgehead atoms. The molecule has 2 aromatic carbocycles. The minimum Gasteiger partial charge on any atom is -0.508 e. The number of hydrogen-bond donors (Lipinski definition) is 3. The molecule has 0 unspecified atom stereocenters. The van der Waals surface area contributed by atoms with Gasteiger partial charge in [-0.05, 0) is 23.3 Å². The Balaban J connectivity index is 1.66. The predicted octanol–water partition coefficient (Wildman–Crippen LogP) is 1.09. The Hall–Kier alpha value is -2.70. The molecule has 24 heavy (non-hydrogen) atoms. The lowest BCUT2D eigenvalue weighted by atomic mass is 9.91. The summed E-state index contributed by atoms with van der Waals surface area (Å²) >= 11 is 0. The van der Waals surface area contributed by atoms with E-state index in [1.54, 1.807) is 24.3 Å². The van der Waals surface area contributed by atoms with Crippen molar-refractivity contribution in [2.45, 2.75) is 18.6 Å². The highest BCUT2D eigenvalue weighted by molar-refractivity contribution is 6.07. The Morgan fingerprint density at radius 3 is 2.38 bits per heavy atom. The van der Waals surface area contributed by atoms with Gasteiger partial charge in [0.15, 0.2) is 0 Å². The first-order valence-electron chi connectivity index (χ1n) is 7.84. The monoisotopic (exact) mass is 323 g/mol. The lowest BCUT2D eigenvalue weighted by molar-refractivity contribution is -0.127. The maximum Gasteiger partial charge on any atom is 0.246 e. The summed E-state index contributed by atoms with van der Waals surface area (Å²) in [5.41, 5.74) is 5.23. The number of nitrogens with zero attached hydrogens (tertiary/aromatic N) is 1. The third-order valence-electron chi connectivity index (χ3n) is 4.61. The van der Waals surface area contributed by atoms with Gasteiger partial charge in [0.25, 0.3) is 0 Å². The van der Waals surface area contributed by atoms with Gasteiger partial charge < -0.3 is 5.11 Å². The Morgan fingerprint density at radius 1 is 0.958 bits per heavy atom. The average Bonchev–Trinajstić information content (AvgIpc) is 3.09. The second-order valence-corrected chi connectivity index (χ2v) is 6.14. The van der Waals surface area contributed by atoms with Gasteiger partial charge in [-0.25, -0.2) is 10.4 Å². The summed E-state index contributed by atoms with van der Waals surface area (Å²) < 4.78 is 0. The smallest absolute Gasteiger partial charge is 0.246 e. The van der Waals surface area contributed by atoms with Gasteiger partial charge in [0.05, 0.1) is 12.0 Å². The van der Waals surface area contributed by atoms with Crippen molar-refractivity contribution >= 4 is 11.8 Å². The first kappa shape index (κ1) is 14.9. The summed E-state index contributed by atoms with van der Waals surface area (Å²) in [7, 11) is 0. The number of rotatable bonds is 3. The summed E-state index contributed by atoms with van der Waals surface area (Å²) in [6, 6.07) is 15.7. The predicted molar refractivity (Wildman–Crippen MR) is 86.4 cm³/mol. The zero-order valence-corrected chi connectivity index (χ0v) is 12.8. The van der Waals surface area contributed by atoms with E-state index in [0.717, 1.165) is 11.1 Å². The SMILES string of the molecule is O=C1NC(=O)[C@H]2[C@H]1[C@H](c1ccc(O)cc1)NN2Cc1ccccc1. The molecule has 0 radical (unpaired) electrons. The van der Waals surface area contributed by atoms with Crippen LogP contribution in [0.2, 0.25) is 0 Å². The topological polar surface area (TPSA) is 81.7 Å². The molecule has 2 aliphatic rings. The zero-order chi connectivity index (χ0) is 16.7. The number of carbonyl (C=O) groups excluding carboxylic acids is 2. The van der Waals surface area contributed by atoms with E-state index in [9.17, 15) is 14.7 Å². The molecule has 2 aliphatic heterocycles. The third kappa shape index (κ3) is 2.46. The number of phenolic OH excluding ortho intramolecular Hbond substituents is 1. The standard InChI is InChI=1S/C18H17N3O3/c22-13-8-6-12(7-9-13)15-14-16(18(24)19-17(14)23)21(20-15)10-11-4-2-1-3-5-11/h1-9,14-16,20,22H,10H2,(H,19,23,24)/t14-,15+,16-/m1/s1. The summed E-state index contributed by atoms with van der Waals surface area (Å²) in [6.07, 6.45) is 0. The van der Waals surface area contributed by atoms with Crippen LogP contribution in [0.1, 0.15) is 17.2 Å². The van der Waals surface area contributed by atoms with E-state index >= 15 is 0 Å². The maximum atomic E-state index is 12.3. The Bertz CT molecular complexity index is 776. The third-order valence-corrected chi connectivity index (χ3v) is 4.61. The van der Waals surface area contributed by atoms with E-state index in [-0.39, 0.29) is 23.6 Å². The molecule has 2 aromatic rings. The quantitative estimate of drug-likeness (QED) is 0.737. The van der Waals surface area contributed by atoms with Crippen molar-refractivity contribution in [3.05, 3.63) is 65.7 Å². The number of fused-ring (bicyclic) bond motifs is 1. The molecule has 2 amide bonds. The highest BCUT2D eigenvalue weighted by Gasteiger charge is 2.54. The van der Waals surface area contributed by atoms with E-state index < -0.39 is 12.0 Å². The Kier molecular flexibility index (Phi) is 3.55. The molecule has 3 N–H and O–H groups in total. The van der Waals surface area contributed by atoms with Crippen molar-refractivity contribution < 1.29 is 14.7 Å². The number of nitrogens with one attached hydrogen (secondary N) is 2. The molecule has 2 fully saturated rings. The number of hydrogen-bond acceptors (Lipinski definition) is 5. The normalized spacial score (nSPS) is 26.4. The van der Waals surface area contributed by atoms with Crippen molar-refractivity contribution in [2.24, 2.45) is 5.92 Å². The van der Waals surface area contributed by atoms with Crippen LogP contribution in [0.15, 0.2) is 54.6 Å². The van der Waals surface area contributed by atoms with Crippen LogP contribution in [-0.2, 0) is 16.1 Å². The summed E-state index contributed by atoms with van der Waals surface area (Å²) in [5.74, 6) is -0.840. The van der Waals surface area contributed by atoms with E-state index in [4.69, 9.17) is 0 Å². The minimum absolute atomic E-state index is 0.168. The van der Waals surface area contributed by atoms with Crippen LogP contribution in [0.3, 0.4) is 0 Å². The van der Waals surface area contributed by atoms with Crippen LogP contribution in [0.25, 0.3) is 0 Å². The maximum absolute atomic E-state index is 12.3. The molecule has 122 valence electrons. The molecule has 6 heteroatoms. The summed E-state index contributed by atoms with van der Waals surface area (Å²) in [5, 5.41) is 13.7. The van der Waals surface area contributed by atoms with E-state index in [1.807, 2.05) is 35.3 Å². The fourth-order valence-electron chi connectivity index (χ4n) is 3.48. The molecule has 0 saturated carbocycles. The molecular formula is C18H17N3O3. The fraction of sp³-hybridized carbons (Fsp3) is 0.222. The molecule has 4 rings (SSSR count). The van der Waals surface area contributed by atoms with Crippen LogP contribution in [0, 0.1) is 5.92 Å². The van der Waals surface area contributed by atoms with Gasteiger partial charge in [-0.3, -0.25) is 14.9 Å². The van der Waals surface area contributed by atoms with Crippen molar-refractivity contribution in [2.75, 3.05) is 0 Å². The molecule has 2 saturated heterocycles. The molecule has 0 aromatic heterocycles. The van der Waals surface area contributed by atoms with Crippen molar-refractivity contribution in [3.63, 3.8) is 0 Å². The van der Waals surface area contributed by atoms with Gasteiger partial charge in [-0.1, -0.05) is 42.5 Å². The average molecular weight is 323 g/mol. The molecule has 2 heterocycles. The highest BCUT2D eigenvalue weighted by atomic mass is 16.3. The minimum atomic E-state index is -0.531. The second-order valence-electron chi connectivity index (χ2n) is 6.14. The lowest BCUT2D eigenvalue weighted by Crippen LogP contribution is -2.43. The van der Waals surface area contributed by atoms with Gasteiger partial charge in [0.1, 0.15) is 11.8 Å². The molecule has 0 aliphatic carbocycles. The number of benzene rings is 2. The first-order valence-corrected chi connectivity index (χ1v) is 7.84. The van der Waals surface area contributed by atoms with E-state index in [1.165, 1.54) is 0 Å². The summed E-state index contributed by atoms with van der Waals surface area (Å²) in [4.78, 5) is 24.5. The number of imide groups is 1. The molecule has 0 spiro atoms. The van der Waals surface area contributed by atoms with Crippen molar-refractivity contribution in [1.82, 2.24) is 15.8 Å². The van der Waals surface area contributed by atoms with Crippen LogP contribution in [0.5, 0.6) is 5.75 Å². The zero-order valence-electron chi connectivity index (χ0n) is 12.8. The number of amides is 2. The fourth-order valence-corrected chi connectivity index (χ4v) is 3.48. The molecule has 3 atom stereocenters. The van der Waals surface area contributed by atoms with Crippen LogP contribution in [0.4, 0.5) is 0 Å². The number of phenols is 1. The lowest BCUT2D eigenvalue weighted by Gasteiger charge is -2.22. The first-order chi connectivity index (χ1) is 11.6.